The lowest BCUT2D eigenvalue weighted by atomic mass is 10.0. The Kier molecular flexibility index (Phi) is 24.5. The molecule has 15 nitrogen and oxygen atoms in total. The highest BCUT2D eigenvalue weighted by atomic mass is 16.2. The minimum absolute atomic E-state index is 0.0128. The number of amides is 4. The number of hydrogen-bond acceptors (Lipinski definition) is 11. The predicted octanol–water partition coefficient (Wildman–Crippen LogP) is 1.90. The molecule has 0 aliphatic heterocycles. The zero-order valence-electron chi connectivity index (χ0n) is 32.1. The number of nitrogens with one attached hydrogen (secondary N) is 5. The molecule has 0 aromatic carbocycles. The monoisotopic (exact) mass is 735 g/mol. The van der Waals surface area contributed by atoms with Crippen LogP contribution in [0.4, 0.5) is 0 Å². The maximum atomic E-state index is 13.3. The molecule has 0 aliphatic rings. The van der Waals surface area contributed by atoms with Crippen molar-refractivity contribution in [2.75, 3.05) is 7.05 Å². The summed E-state index contributed by atoms with van der Waals surface area (Å²) in [6, 6.07) is -2.89. The van der Waals surface area contributed by atoms with Gasteiger partial charge in [-0.2, -0.15) is 0 Å². The third kappa shape index (κ3) is 26.6. The van der Waals surface area contributed by atoms with Crippen LogP contribution in [0.15, 0.2) is 0 Å². The van der Waals surface area contributed by atoms with Gasteiger partial charge in [-0.15, -0.1) is 0 Å². The number of hydrogen-bond donors (Lipinski definition) is 5. The van der Waals surface area contributed by atoms with E-state index in [0.717, 1.165) is 0 Å². The molecule has 5 unspecified atom stereocenters. The smallest absolute Gasteiger partial charge is 0.222 e. The average Bonchev–Trinajstić information content (AvgIpc) is 3.01. The topological polar surface area (TPSA) is 231 Å². The van der Waals surface area contributed by atoms with Crippen LogP contribution >= 0.6 is 0 Å². The Morgan fingerprint density at radius 1 is 0.327 bits per heavy atom. The van der Waals surface area contributed by atoms with Gasteiger partial charge in [0.15, 0.2) is 0 Å². The molecule has 0 spiro atoms. The minimum Gasteiger partial charge on any atom is -0.353 e. The van der Waals surface area contributed by atoms with Crippen molar-refractivity contribution < 1.29 is 47.9 Å². The van der Waals surface area contributed by atoms with Crippen LogP contribution in [0, 0.1) is 0 Å². The molecule has 15 heteroatoms. The van der Waals surface area contributed by atoms with Gasteiger partial charge < -0.3 is 41.0 Å². The first-order chi connectivity index (χ1) is 24.3. The van der Waals surface area contributed by atoms with E-state index in [1.807, 2.05) is 0 Å². The third-order valence-electron chi connectivity index (χ3n) is 8.31. The van der Waals surface area contributed by atoms with Gasteiger partial charge in [0, 0.05) is 94.4 Å². The molecule has 4 amide bonds. The van der Waals surface area contributed by atoms with E-state index in [4.69, 9.17) is 0 Å². The Labute approximate surface area is 307 Å². The Morgan fingerprint density at radius 3 is 0.865 bits per heavy atom. The molecule has 0 heterocycles. The summed E-state index contributed by atoms with van der Waals surface area (Å²) in [5.41, 5.74) is 0. The van der Waals surface area contributed by atoms with Crippen molar-refractivity contribution in [2.45, 2.75) is 168 Å². The molecule has 0 saturated carbocycles. The first kappa shape index (κ1) is 47.9. The first-order valence-corrected chi connectivity index (χ1v) is 18.1. The second-order valence-electron chi connectivity index (χ2n) is 14.0. The van der Waals surface area contributed by atoms with E-state index in [1.165, 1.54) is 41.5 Å². The van der Waals surface area contributed by atoms with Crippen LogP contribution in [0.1, 0.15) is 138 Å². The van der Waals surface area contributed by atoms with Crippen LogP contribution in [-0.2, 0) is 47.9 Å². The quantitative estimate of drug-likeness (QED) is 0.0715. The van der Waals surface area contributed by atoms with Gasteiger partial charge in [0.05, 0.1) is 0 Å². The molecule has 294 valence electrons. The van der Waals surface area contributed by atoms with E-state index >= 15 is 0 Å². The van der Waals surface area contributed by atoms with E-state index in [0.29, 0.717) is 19.3 Å². The summed E-state index contributed by atoms with van der Waals surface area (Å²) in [7, 11) is 1.67. The lowest BCUT2D eigenvalue weighted by molar-refractivity contribution is -0.127. The highest BCUT2D eigenvalue weighted by Crippen LogP contribution is 2.12. The van der Waals surface area contributed by atoms with Crippen molar-refractivity contribution in [2.24, 2.45) is 0 Å². The van der Waals surface area contributed by atoms with Gasteiger partial charge >= 0.3 is 0 Å². The lowest BCUT2D eigenvalue weighted by Crippen LogP contribution is -2.45. The number of rotatable bonds is 30. The molecule has 0 aromatic rings. The summed E-state index contributed by atoms with van der Waals surface area (Å²) in [6.45, 7) is 8.44. The van der Waals surface area contributed by atoms with E-state index in [-0.39, 0.29) is 118 Å². The molecule has 0 bridgehead atoms. The van der Waals surface area contributed by atoms with Crippen LogP contribution in [-0.4, -0.2) is 95.6 Å². The highest BCUT2D eigenvalue weighted by Gasteiger charge is 2.24. The summed E-state index contributed by atoms with van der Waals surface area (Å²) in [4.78, 5) is 122. The third-order valence-corrected chi connectivity index (χ3v) is 8.31. The van der Waals surface area contributed by atoms with Crippen LogP contribution in [0.25, 0.3) is 0 Å². The van der Waals surface area contributed by atoms with Crippen molar-refractivity contribution >= 4 is 58.3 Å². The van der Waals surface area contributed by atoms with Gasteiger partial charge in [0.1, 0.15) is 34.7 Å². The fraction of sp³-hybridized carbons (Fsp3) is 0.730. The zero-order chi connectivity index (χ0) is 39.8. The fourth-order valence-electron chi connectivity index (χ4n) is 5.65. The average molecular weight is 736 g/mol. The number of carbonyl (C=O) groups is 10. The van der Waals surface area contributed by atoms with Crippen LogP contribution < -0.4 is 26.6 Å². The van der Waals surface area contributed by atoms with Crippen molar-refractivity contribution in [3.05, 3.63) is 0 Å². The predicted molar refractivity (Wildman–Crippen MR) is 194 cm³/mol. The Hall–Kier alpha value is -4.14. The fourth-order valence-corrected chi connectivity index (χ4v) is 5.65. The second kappa shape index (κ2) is 26.6. The van der Waals surface area contributed by atoms with Crippen molar-refractivity contribution in [3.63, 3.8) is 0 Å². The largest absolute Gasteiger partial charge is 0.353 e. The summed E-state index contributed by atoms with van der Waals surface area (Å²) < 4.78 is 0. The number of ketones is 6. The zero-order valence-corrected chi connectivity index (χ0v) is 32.1. The van der Waals surface area contributed by atoms with Gasteiger partial charge in [-0.1, -0.05) is 0 Å². The molecule has 0 saturated heterocycles. The van der Waals surface area contributed by atoms with E-state index in [1.54, 1.807) is 7.05 Å². The van der Waals surface area contributed by atoms with Gasteiger partial charge in [-0.3, -0.25) is 33.6 Å². The Balaban J connectivity index is 5.72. The normalized spacial score (nSPS) is 13.8. The van der Waals surface area contributed by atoms with Crippen molar-refractivity contribution in [1.82, 2.24) is 26.6 Å². The second-order valence-corrected chi connectivity index (χ2v) is 14.0. The lowest BCUT2D eigenvalue weighted by Gasteiger charge is -2.24. The standard InChI is InChI=1S/C37H61N5O10/c1-23(43)8-11-29(38-7)21-36(51)42-33(15-17-35(50)40-31(19-27(5)47)13-10-25(3)45)22-37(52)41-32(20-28(6)48)14-16-34(49)39-30(18-26(4)46)12-9-24(2)44/h29-33,38H,8-22H2,1-7H3,(H,39,49)(H,40,50)(H,41,52)(H,42,51). The van der Waals surface area contributed by atoms with Crippen LogP contribution in [0.2, 0.25) is 0 Å². The molecular weight excluding hydrogens is 674 g/mol. The van der Waals surface area contributed by atoms with Gasteiger partial charge in [-0.25, -0.2) is 0 Å². The van der Waals surface area contributed by atoms with Gasteiger partial charge in [0.25, 0.3) is 0 Å². The molecule has 5 atom stereocenters. The minimum atomic E-state index is -0.804. The summed E-state index contributed by atoms with van der Waals surface area (Å²) in [5, 5.41) is 14.1. The van der Waals surface area contributed by atoms with Crippen molar-refractivity contribution in [1.29, 1.82) is 0 Å². The molecule has 0 aliphatic carbocycles. The van der Waals surface area contributed by atoms with Gasteiger partial charge in [0.2, 0.25) is 23.6 Å². The Bertz CT molecular complexity index is 1270. The molecule has 0 rings (SSSR count). The highest BCUT2D eigenvalue weighted by molar-refractivity contribution is 5.84. The molecule has 0 aromatic heterocycles. The summed E-state index contributed by atoms with van der Waals surface area (Å²) in [6.07, 6.45) is 1.52. The van der Waals surface area contributed by atoms with E-state index < -0.39 is 47.8 Å². The summed E-state index contributed by atoms with van der Waals surface area (Å²) in [5.74, 6) is -2.43. The van der Waals surface area contributed by atoms with Gasteiger partial charge in [-0.05, 0) is 80.7 Å². The SMILES string of the molecule is CNC(CCC(C)=O)CC(=O)NC(CCC(=O)NC(CCC(C)=O)CC(C)=O)CC(=O)NC(CCC(=O)NC(CCC(C)=O)CC(C)=O)CC(C)=O. The van der Waals surface area contributed by atoms with Crippen molar-refractivity contribution in [3.8, 4) is 0 Å². The maximum absolute atomic E-state index is 13.3. The number of Topliss-reactive ketones (excluding diaryl/α,β-unsaturated/α-hetero) is 6. The molecule has 5 N–H and O–H groups in total. The van der Waals surface area contributed by atoms with Crippen LogP contribution in [0.3, 0.4) is 0 Å². The first-order valence-electron chi connectivity index (χ1n) is 18.1. The molecule has 52 heavy (non-hydrogen) atoms. The summed E-state index contributed by atoms with van der Waals surface area (Å²) >= 11 is 0. The Morgan fingerprint density at radius 2 is 0.577 bits per heavy atom. The van der Waals surface area contributed by atoms with E-state index in [2.05, 4.69) is 26.6 Å². The number of carbonyl (C=O) groups excluding carboxylic acids is 10. The maximum Gasteiger partial charge on any atom is 0.222 e. The molecule has 0 fully saturated rings. The van der Waals surface area contributed by atoms with Crippen LogP contribution in [0.5, 0.6) is 0 Å². The van der Waals surface area contributed by atoms with E-state index in [9.17, 15) is 47.9 Å². The molecule has 0 radical (unpaired) electrons. The molecular formula is C37H61N5O10.